The number of ether oxygens (including phenoxy) is 1. The van der Waals surface area contributed by atoms with Gasteiger partial charge in [0.05, 0.1) is 5.41 Å². The summed E-state index contributed by atoms with van der Waals surface area (Å²) in [5.41, 5.74) is 3.86. The first kappa shape index (κ1) is 20.5. The molecule has 32 heavy (non-hydrogen) atoms. The van der Waals surface area contributed by atoms with E-state index in [0.717, 1.165) is 11.1 Å². The van der Waals surface area contributed by atoms with E-state index in [1.54, 1.807) is 11.8 Å². The topological polar surface area (TPSA) is 95.9 Å². The number of aliphatic carboxylic acids is 1. The van der Waals surface area contributed by atoms with Crippen LogP contribution >= 0.6 is 0 Å². The van der Waals surface area contributed by atoms with Gasteiger partial charge < -0.3 is 20.1 Å². The van der Waals surface area contributed by atoms with E-state index in [9.17, 15) is 19.5 Å². The van der Waals surface area contributed by atoms with Crippen molar-refractivity contribution in [3.05, 3.63) is 59.7 Å². The van der Waals surface area contributed by atoms with E-state index < -0.39 is 17.5 Å². The molecular formula is C25H26N2O5. The molecule has 0 aromatic heterocycles. The summed E-state index contributed by atoms with van der Waals surface area (Å²) in [5.74, 6) is -0.922. The zero-order chi connectivity index (χ0) is 22.5. The summed E-state index contributed by atoms with van der Waals surface area (Å²) in [5, 5.41) is 12.0. The van der Waals surface area contributed by atoms with Crippen LogP contribution in [-0.2, 0) is 14.3 Å². The lowest BCUT2D eigenvalue weighted by molar-refractivity contribution is -0.164. The number of likely N-dealkylation sites (tertiary alicyclic amines) is 1. The van der Waals surface area contributed by atoms with Crippen LogP contribution in [0.3, 0.4) is 0 Å². The van der Waals surface area contributed by atoms with Crippen LogP contribution < -0.4 is 5.32 Å². The van der Waals surface area contributed by atoms with Gasteiger partial charge in [0.1, 0.15) is 6.61 Å². The maximum Gasteiger partial charge on any atom is 0.407 e. The van der Waals surface area contributed by atoms with E-state index in [2.05, 4.69) is 29.6 Å². The number of amides is 2. The third-order valence-corrected chi connectivity index (χ3v) is 7.00. The standard InChI is InChI=1S/C25H26N2O5/c1-25(23(29)30)13-27(14-25)22(28)20-10-15(20)11-26-24(31)32-12-21-18-8-4-2-6-16(18)17-7-3-5-9-19(17)21/h2-9,15,20-21H,10-14H2,1H3,(H,26,31)(H,29,30)/t15-,20-/m1/s1. The smallest absolute Gasteiger partial charge is 0.407 e. The fourth-order valence-electron chi connectivity index (χ4n) is 4.96. The normalized spacial score (nSPS) is 22.3. The highest BCUT2D eigenvalue weighted by atomic mass is 16.5. The average molecular weight is 434 g/mol. The molecule has 2 amide bonds. The van der Waals surface area contributed by atoms with Crippen LogP contribution in [0.1, 0.15) is 30.4 Å². The van der Waals surface area contributed by atoms with Gasteiger partial charge in [-0.15, -0.1) is 0 Å². The second-order valence-electron chi connectivity index (χ2n) is 9.37. The van der Waals surface area contributed by atoms with E-state index in [4.69, 9.17) is 4.74 Å². The minimum atomic E-state index is -0.870. The lowest BCUT2D eigenvalue weighted by atomic mass is 9.82. The van der Waals surface area contributed by atoms with Crippen LogP contribution in [-0.4, -0.2) is 54.2 Å². The van der Waals surface area contributed by atoms with Gasteiger partial charge in [0.25, 0.3) is 0 Å². The van der Waals surface area contributed by atoms with Gasteiger partial charge in [-0.2, -0.15) is 0 Å². The Morgan fingerprint density at radius 1 is 1.06 bits per heavy atom. The van der Waals surface area contributed by atoms with Gasteiger partial charge >= 0.3 is 12.1 Å². The summed E-state index contributed by atoms with van der Waals surface area (Å²) >= 11 is 0. The van der Waals surface area contributed by atoms with Gasteiger partial charge in [-0.25, -0.2) is 4.79 Å². The SMILES string of the molecule is CC1(C(=O)O)CN(C(=O)[C@@H]2C[C@@H]2CNC(=O)OCC2c3ccccc3-c3ccccc32)C1. The first-order chi connectivity index (χ1) is 15.4. The van der Waals surface area contributed by atoms with E-state index in [-0.39, 0.29) is 43.4 Å². The molecule has 0 bridgehead atoms. The molecule has 0 spiro atoms. The number of carboxylic acid groups (broad SMARTS) is 1. The third-order valence-electron chi connectivity index (χ3n) is 7.00. The van der Waals surface area contributed by atoms with E-state index in [0.29, 0.717) is 13.0 Å². The predicted molar refractivity (Wildman–Crippen MR) is 117 cm³/mol. The number of hydrogen-bond acceptors (Lipinski definition) is 4. The molecule has 2 aliphatic carbocycles. The second kappa shape index (κ2) is 7.65. The van der Waals surface area contributed by atoms with Gasteiger partial charge in [-0.3, -0.25) is 9.59 Å². The molecule has 7 heteroatoms. The molecule has 2 fully saturated rings. The minimum absolute atomic E-state index is 0.0111. The number of alkyl carbamates (subject to hydrolysis) is 1. The van der Waals surface area contributed by atoms with Crippen LogP contribution in [0.25, 0.3) is 11.1 Å². The van der Waals surface area contributed by atoms with Crippen LogP contribution in [0.5, 0.6) is 0 Å². The summed E-state index contributed by atoms with van der Waals surface area (Å²) in [6.45, 7) is 2.81. The number of rotatable bonds is 6. The molecule has 5 rings (SSSR count). The monoisotopic (exact) mass is 434 g/mol. The summed E-state index contributed by atoms with van der Waals surface area (Å²) in [7, 11) is 0. The van der Waals surface area contributed by atoms with Gasteiger partial charge in [0.2, 0.25) is 5.91 Å². The highest BCUT2D eigenvalue weighted by Crippen LogP contribution is 2.45. The number of fused-ring (bicyclic) bond motifs is 3. The van der Waals surface area contributed by atoms with Crippen LogP contribution in [0.2, 0.25) is 0 Å². The molecule has 0 radical (unpaired) electrons. The van der Waals surface area contributed by atoms with Gasteiger partial charge in [-0.1, -0.05) is 48.5 Å². The Hall–Kier alpha value is -3.35. The van der Waals surface area contributed by atoms with Crippen molar-refractivity contribution in [2.45, 2.75) is 19.3 Å². The highest BCUT2D eigenvalue weighted by Gasteiger charge is 2.52. The van der Waals surface area contributed by atoms with Crippen LogP contribution in [0, 0.1) is 17.3 Å². The van der Waals surface area contributed by atoms with Crippen molar-refractivity contribution in [3.8, 4) is 11.1 Å². The number of benzene rings is 2. The summed E-state index contributed by atoms with van der Waals surface area (Å²) in [4.78, 5) is 37.6. The van der Waals surface area contributed by atoms with Gasteiger partial charge in [-0.05, 0) is 41.5 Å². The van der Waals surface area contributed by atoms with E-state index in [1.807, 2.05) is 24.3 Å². The van der Waals surface area contributed by atoms with E-state index >= 15 is 0 Å². The number of nitrogens with zero attached hydrogens (tertiary/aromatic N) is 1. The fourth-order valence-corrected chi connectivity index (χ4v) is 4.96. The summed E-state index contributed by atoms with van der Waals surface area (Å²) in [6.07, 6.45) is 0.232. The quantitative estimate of drug-likeness (QED) is 0.728. The van der Waals surface area contributed by atoms with E-state index in [1.165, 1.54) is 11.1 Å². The molecule has 1 heterocycles. The van der Waals surface area contributed by atoms with Crippen molar-refractivity contribution < 1.29 is 24.2 Å². The van der Waals surface area contributed by atoms with Crippen molar-refractivity contribution in [2.75, 3.05) is 26.2 Å². The van der Waals surface area contributed by atoms with Crippen molar-refractivity contribution in [3.63, 3.8) is 0 Å². The lowest BCUT2D eigenvalue weighted by Crippen LogP contribution is -2.61. The first-order valence-electron chi connectivity index (χ1n) is 11.0. The Morgan fingerprint density at radius 2 is 1.66 bits per heavy atom. The molecule has 1 aliphatic heterocycles. The van der Waals surface area contributed by atoms with Crippen molar-refractivity contribution in [1.82, 2.24) is 10.2 Å². The number of nitrogens with one attached hydrogen (secondary N) is 1. The molecule has 3 aliphatic rings. The first-order valence-corrected chi connectivity index (χ1v) is 11.0. The van der Waals surface area contributed by atoms with Crippen LogP contribution in [0.4, 0.5) is 4.79 Å². The fraction of sp³-hybridized carbons (Fsp3) is 0.400. The summed E-state index contributed by atoms with van der Waals surface area (Å²) in [6, 6.07) is 16.4. The lowest BCUT2D eigenvalue weighted by Gasteiger charge is -2.45. The number of carbonyl (C=O) groups excluding carboxylic acids is 2. The highest BCUT2D eigenvalue weighted by molar-refractivity contribution is 5.86. The Morgan fingerprint density at radius 3 is 2.25 bits per heavy atom. The Kier molecular flexibility index (Phi) is 4.92. The Balaban J connectivity index is 1.10. The Bertz CT molecular complexity index is 1050. The summed E-state index contributed by atoms with van der Waals surface area (Å²) < 4.78 is 5.54. The zero-order valence-electron chi connectivity index (χ0n) is 17.9. The molecule has 1 saturated carbocycles. The van der Waals surface area contributed by atoms with Crippen molar-refractivity contribution >= 4 is 18.0 Å². The van der Waals surface area contributed by atoms with Crippen molar-refractivity contribution in [2.24, 2.45) is 17.3 Å². The molecule has 7 nitrogen and oxygen atoms in total. The predicted octanol–water partition coefficient (Wildman–Crippen LogP) is 3.09. The molecule has 1 saturated heterocycles. The van der Waals surface area contributed by atoms with Crippen LogP contribution in [0.15, 0.2) is 48.5 Å². The molecule has 2 atom stereocenters. The Labute approximate surface area is 186 Å². The molecule has 2 N–H and O–H groups in total. The average Bonchev–Trinajstić information content (AvgIpc) is 3.48. The maximum atomic E-state index is 12.5. The number of carboxylic acids is 1. The zero-order valence-corrected chi connectivity index (χ0v) is 17.9. The van der Waals surface area contributed by atoms with Crippen molar-refractivity contribution in [1.29, 1.82) is 0 Å². The number of carbonyl (C=O) groups is 3. The third kappa shape index (κ3) is 3.51. The molecule has 2 aromatic rings. The molecule has 2 aromatic carbocycles. The van der Waals surface area contributed by atoms with Gasteiger partial charge in [0, 0.05) is 31.5 Å². The largest absolute Gasteiger partial charge is 0.481 e. The molecular weight excluding hydrogens is 408 g/mol. The maximum absolute atomic E-state index is 12.5. The van der Waals surface area contributed by atoms with Gasteiger partial charge in [0.15, 0.2) is 0 Å². The molecule has 166 valence electrons. The molecule has 0 unspecified atom stereocenters. The number of hydrogen-bond donors (Lipinski definition) is 2. The second-order valence-corrected chi connectivity index (χ2v) is 9.37. The minimum Gasteiger partial charge on any atom is -0.481 e.